The van der Waals surface area contributed by atoms with E-state index in [4.69, 9.17) is 4.74 Å². The molecule has 0 fully saturated rings. The summed E-state index contributed by atoms with van der Waals surface area (Å²) in [5, 5.41) is 7.45. The maximum atomic E-state index is 12.2. The molecule has 0 unspecified atom stereocenters. The normalized spacial score (nSPS) is 13.2. The van der Waals surface area contributed by atoms with Gasteiger partial charge in [-0.15, -0.1) is 0 Å². The van der Waals surface area contributed by atoms with E-state index in [1.807, 2.05) is 45.0 Å². The van der Waals surface area contributed by atoms with Crippen LogP contribution in [0.1, 0.15) is 57.7 Å². The van der Waals surface area contributed by atoms with Crippen LogP contribution in [0.4, 0.5) is 5.95 Å². The van der Waals surface area contributed by atoms with Crippen molar-refractivity contribution in [3.05, 3.63) is 41.6 Å². The van der Waals surface area contributed by atoms with Gasteiger partial charge in [-0.25, -0.2) is 8.42 Å². The quantitative estimate of drug-likeness (QED) is 0.578. The van der Waals surface area contributed by atoms with Crippen LogP contribution in [0, 0.1) is 5.92 Å². The molecule has 0 aliphatic carbocycles. The Morgan fingerprint density at radius 3 is 2.50 bits per heavy atom. The van der Waals surface area contributed by atoms with Gasteiger partial charge in [0.2, 0.25) is 15.8 Å². The fourth-order valence-electron chi connectivity index (χ4n) is 2.96. The molecule has 30 heavy (non-hydrogen) atoms. The van der Waals surface area contributed by atoms with Crippen molar-refractivity contribution in [3.63, 3.8) is 0 Å². The van der Waals surface area contributed by atoms with E-state index in [1.165, 1.54) is 0 Å². The number of sulfone groups is 1. The van der Waals surface area contributed by atoms with Crippen LogP contribution < -0.4 is 10.1 Å². The van der Waals surface area contributed by atoms with Gasteiger partial charge in [0.05, 0.1) is 18.8 Å². The number of ether oxygens (including phenoxy) is 1. The summed E-state index contributed by atoms with van der Waals surface area (Å²) < 4.78 is 31.7. The zero-order chi connectivity index (χ0) is 22.1. The second-order valence-corrected chi connectivity index (χ2v) is 10.1. The van der Waals surface area contributed by atoms with Crippen molar-refractivity contribution >= 4 is 21.4 Å². The fourth-order valence-corrected chi connectivity index (χ4v) is 3.46. The third kappa shape index (κ3) is 4.89. The minimum Gasteiger partial charge on any atom is -0.493 e. The highest BCUT2D eigenvalue weighted by atomic mass is 32.2. The van der Waals surface area contributed by atoms with Crippen molar-refractivity contribution in [1.29, 1.82) is 0 Å². The molecule has 3 aromatic rings. The van der Waals surface area contributed by atoms with E-state index in [9.17, 15) is 8.42 Å². The molecule has 0 bridgehead atoms. The van der Waals surface area contributed by atoms with E-state index in [-0.39, 0.29) is 17.1 Å². The second kappa shape index (κ2) is 8.59. The van der Waals surface area contributed by atoms with Crippen molar-refractivity contribution in [2.45, 2.75) is 51.7 Å². The minimum atomic E-state index is -3.58. The molecule has 0 radical (unpaired) electrons. The Labute approximate surface area is 177 Å². The van der Waals surface area contributed by atoms with Crippen LogP contribution in [0.2, 0.25) is 0 Å². The van der Waals surface area contributed by atoms with Crippen molar-refractivity contribution in [3.8, 4) is 5.75 Å². The third-order valence-electron chi connectivity index (χ3n) is 4.62. The highest BCUT2D eigenvalue weighted by Gasteiger charge is 2.21. The van der Waals surface area contributed by atoms with Gasteiger partial charge in [0.1, 0.15) is 5.75 Å². The van der Waals surface area contributed by atoms with Gasteiger partial charge in [0, 0.05) is 11.8 Å². The Kier molecular flexibility index (Phi) is 6.30. The summed E-state index contributed by atoms with van der Waals surface area (Å²) in [6, 6.07) is 7.65. The van der Waals surface area contributed by atoms with Gasteiger partial charge in [-0.3, -0.25) is 0 Å². The van der Waals surface area contributed by atoms with Crippen molar-refractivity contribution in [2.24, 2.45) is 5.92 Å². The number of hydrogen-bond donors (Lipinski definition) is 1. The van der Waals surface area contributed by atoms with Gasteiger partial charge in [0.25, 0.3) is 5.16 Å². The molecule has 0 amide bonds. The standard InChI is InChI=1S/C21H29N5O3S/c1-13(2)12-29-17-9-7-8-16(10-17)15(5)23-20-25-21(30(6,27)28)24-19-18(14(3)4)11-22-26(19)20/h7-11,13-15H,12H2,1-6H3,(H,23,24,25)/t15-/m0/s1. The van der Waals surface area contributed by atoms with Crippen LogP contribution in [0.3, 0.4) is 0 Å². The summed E-state index contributed by atoms with van der Waals surface area (Å²) in [7, 11) is -3.58. The van der Waals surface area contributed by atoms with E-state index >= 15 is 0 Å². The topological polar surface area (TPSA) is 98.5 Å². The van der Waals surface area contributed by atoms with E-state index < -0.39 is 9.84 Å². The van der Waals surface area contributed by atoms with Crippen LogP contribution >= 0.6 is 0 Å². The van der Waals surface area contributed by atoms with Crippen LogP contribution in [-0.2, 0) is 9.84 Å². The molecule has 2 heterocycles. The van der Waals surface area contributed by atoms with Crippen molar-refractivity contribution < 1.29 is 13.2 Å². The molecule has 0 aliphatic heterocycles. The van der Waals surface area contributed by atoms with E-state index in [1.54, 1.807) is 10.7 Å². The van der Waals surface area contributed by atoms with Gasteiger partial charge in [-0.2, -0.15) is 19.6 Å². The fraction of sp³-hybridized carbons (Fsp3) is 0.476. The zero-order valence-corrected chi connectivity index (χ0v) is 19.1. The largest absolute Gasteiger partial charge is 0.493 e. The lowest BCUT2D eigenvalue weighted by Gasteiger charge is -2.17. The van der Waals surface area contributed by atoms with Crippen LogP contribution in [0.25, 0.3) is 5.65 Å². The lowest BCUT2D eigenvalue weighted by Crippen LogP contribution is -2.16. The number of benzene rings is 1. The maximum Gasteiger partial charge on any atom is 0.252 e. The van der Waals surface area contributed by atoms with Gasteiger partial charge in [0.15, 0.2) is 5.65 Å². The van der Waals surface area contributed by atoms with E-state index in [0.29, 0.717) is 24.1 Å². The number of nitrogens with one attached hydrogen (secondary N) is 1. The SMILES string of the molecule is CC(C)COc1cccc([C@H](C)Nc2nc(S(C)(=O)=O)nc3c(C(C)C)cnn23)c1. The van der Waals surface area contributed by atoms with Crippen LogP contribution in [0.15, 0.2) is 35.6 Å². The van der Waals surface area contributed by atoms with Gasteiger partial charge in [-0.1, -0.05) is 39.8 Å². The molecule has 0 saturated heterocycles. The zero-order valence-electron chi connectivity index (χ0n) is 18.2. The summed E-state index contributed by atoms with van der Waals surface area (Å²) in [6.45, 7) is 10.8. The van der Waals surface area contributed by atoms with Crippen LogP contribution in [-0.4, -0.2) is 40.9 Å². The van der Waals surface area contributed by atoms with Crippen molar-refractivity contribution in [1.82, 2.24) is 19.6 Å². The molecule has 0 aliphatic rings. The highest BCUT2D eigenvalue weighted by molar-refractivity contribution is 7.90. The first kappa shape index (κ1) is 22.0. The summed E-state index contributed by atoms with van der Waals surface area (Å²) in [5.74, 6) is 1.70. The van der Waals surface area contributed by atoms with Gasteiger partial charge < -0.3 is 10.1 Å². The molecule has 1 aromatic carbocycles. The predicted octanol–water partition coefficient (Wildman–Crippen LogP) is 3.86. The Morgan fingerprint density at radius 1 is 1.13 bits per heavy atom. The minimum absolute atomic E-state index is 0.143. The summed E-state index contributed by atoms with van der Waals surface area (Å²) in [5.41, 5.74) is 2.34. The van der Waals surface area contributed by atoms with E-state index in [2.05, 4.69) is 34.2 Å². The molecule has 162 valence electrons. The average molecular weight is 432 g/mol. The Hall–Kier alpha value is -2.68. The Balaban J connectivity index is 1.98. The van der Waals surface area contributed by atoms with E-state index in [0.717, 1.165) is 23.1 Å². The smallest absolute Gasteiger partial charge is 0.252 e. The number of aromatic nitrogens is 4. The molecule has 1 atom stereocenters. The number of anilines is 1. The Bertz CT molecular complexity index is 1140. The predicted molar refractivity (Wildman–Crippen MR) is 117 cm³/mol. The molecule has 8 nitrogen and oxygen atoms in total. The highest BCUT2D eigenvalue weighted by Crippen LogP contribution is 2.26. The molecule has 0 saturated carbocycles. The Morgan fingerprint density at radius 2 is 1.87 bits per heavy atom. The number of fused-ring (bicyclic) bond motifs is 1. The number of rotatable bonds is 8. The molecule has 2 aromatic heterocycles. The van der Waals surface area contributed by atoms with Gasteiger partial charge in [-0.05, 0) is 36.5 Å². The molecular formula is C21H29N5O3S. The molecule has 3 rings (SSSR count). The maximum absolute atomic E-state index is 12.2. The van der Waals surface area contributed by atoms with Crippen molar-refractivity contribution in [2.75, 3.05) is 18.2 Å². The molecule has 9 heteroatoms. The first-order valence-electron chi connectivity index (χ1n) is 10.0. The average Bonchev–Trinajstić information content (AvgIpc) is 3.10. The van der Waals surface area contributed by atoms with Gasteiger partial charge >= 0.3 is 0 Å². The lowest BCUT2D eigenvalue weighted by atomic mass is 10.1. The third-order valence-corrected chi connectivity index (χ3v) is 5.46. The number of nitrogens with zero attached hydrogens (tertiary/aromatic N) is 4. The summed E-state index contributed by atoms with van der Waals surface area (Å²) >= 11 is 0. The molecule has 1 N–H and O–H groups in total. The summed E-state index contributed by atoms with van der Waals surface area (Å²) in [6.07, 6.45) is 2.81. The molecule has 0 spiro atoms. The van der Waals surface area contributed by atoms with Crippen LogP contribution in [0.5, 0.6) is 5.75 Å². The second-order valence-electron chi connectivity index (χ2n) is 8.24. The lowest BCUT2D eigenvalue weighted by molar-refractivity contribution is 0.271. The monoisotopic (exact) mass is 431 g/mol. The first-order chi connectivity index (χ1) is 14.1. The molecular weight excluding hydrogens is 402 g/mol. The first-order valence-corrected chi connectivity index (χ1v) is 11.9. The summed E-state index contributed by atoms with van der Waals surface area (Å²) in [4.78, 5) is 8.52. The number of hydrogen-bond acceptors (Lipinski definition) is 7.